The number of rotatable bonds is 3. The number of piperidine rings is 1. The van der Waals surface area contributed by atoms with Gasteiger partial charge in [-0.15, -0.1) is 0 Å². The molecule has 1 heterocycles. The molecule has 1 aliphatic heterocycles. The highest BCUT2D eigenvalue weighted by molar-refractivity contribution is 9.10. The molecule has 1 fully saturated rings. The maximum Gasteiger partial charge on any atom is 0.410 e. The molecule has 1 saturated heterocycles. The number of amides is 1. The molecule has 4 nitrogen and oxygen atoms in total. The van der Waals surface area contributed by atoms with E-state index in [-0.39, 0.29) is 16.7 Å². The molecule has 19 heavy (non-hydrogen) atoms. The fourth-order valence-corrected chi connectivity index (χ4v) is 2.67. The van der Waals surface area contributed by atoms with Crippen LogP contribution in [0.2, 0.25) is 0 Å². The third-order valence-corrected chi connectivity index (χ3v) is 4.27. The third-order valence-electron chi connectivity index (χ3n) is 3.25. The molecule has 5 heteroatoms. The van der Waals surface area contributed by atoms with Gasteiger partial charge in [-0.3, -0.25) is 4.79 Å². The summed E-state index contributed by atoms with van der Waals surface area (Å²) in [6.07, 6.45) is 2.51. The summed E-state index contributed by atoms with van der Waals surface area (Å²) in [5, 5.41) is 0. The Bertz CT molecular complexity index is 330. The first-order valence-corrected chi connectivity index (χ1v) is 7.73. The summed E-state index contributed by atoms with van der Waals surface area (Å²) < 4.78 is 5.36. The lowest BCUT2D eigenvalue weighted by atomic mass is 9.91. The zero-order chi connectivity index (χ0) is 14.6. The monoisotopic (exact) mass is 333 g/mol. The van der Waals surface area contributed by atoms with Crippen LogP contribution in [0.1, 0.15) is 47.0 Å². The van der Waals surface area contributed by atoms with E-state index < -0.39 is 5.60 Å². The van der Waals surface area contributed by atoms with Crippen molar-refractivity contribution in [3.8, 4) is 0 Å². The van der Waals surface area contributed by atoms with Gasteiger partial charge >= 0.3 is 6.09 Å². The van der Waals surface area contributed by atoms with Crippen molar-refractivity contribution in [1.82, 2.24) is 4.90 Å². The Morgan fingerprint density at radius 1 is 1.32 bits per heavy atom. The van der Waals surface area contributed by atoms with Crippen molar-refractivity contribution in [3.63, 3.8) is 0 Å². The number of hydrogen-bond acceptors (Lipinski definition) is 3. The van der Waals surface area contributed by atoms with E-state index in [1.165, 1.54) is 0 Å². The molecule has 0 aromatic rings. The average molecular weight is 334 g/mol. The molecule has 0 saturated carbocycles. The van der Waals surface area contributed by atoms with E-state index in [1.807, 2.05) is 20.8 Å². The third kappa shape index (κ3) is 5.93. The van der Waals surface area contributed by atoms with Crippen molar-refractivity contribution in [2.75, 3.05) is 13.1 Å². The van der Waals surface area contributed by atoms with Gasteiger partial charge in [-0.05, 0) is 52.9 Å². The van der Waals surface area contributed by atoms with Gasteiger partial charge < -0.3 is 9.64 Å². The number of likely N-dealkylation sites (tertiary alicyclic amines) is 1. The van der Waals surface area contributed by atoms with Crippen LogP contribution in [0.15, 0.2) is 0 Å². The van der Waals surface area contributed by atoms with E-state index in [2.05, 4.69) is 15.9 Å². The molecule has 1 amide bonds. The summed E-state index contributed by atoms with van der Waals surface area (Å²) in [5.74, 6) is 0.682. The Morgan fingerprint density at radius 3 is 2.26 bits per heavy atom. The van der Waals surface area contributed by atoms with Crippen molar-refractivity contribution in [1.29, 1.82) is 0 Å². The van der Waals surface area contributed by atoms with Gasteiger partial charge in [0.1, 0.15) is 11.4 Å². The second-order valence-electron chi connectivity index (χ2n) is 6.22. The summed E-state index contributed by atoms with van der Waals surface area (Å²) in [5.41, 5.74) is -0.441. The number of ether oxygens (including phenoxy) is 1. The second-order valence-corrected chi connectivity index (χ2v) is 7.33. The van der Waals surface area contributed by atoms with Crippen LogP contribution in [0.25, 0.3) is 0 Å². The standard InChI is InChI=1S/C14H24BrNO3/c1-10(17)12(15)9-11-5-7-16(8-6-11)13(18)19-14(2,3)4/h11-12H,5-9H2,1-4H3. The number of ketones is 1. The van der Waals surface area contributed by atoms with Gasteiger partial charge in [-0.25, -0.2) is 4.79 Å². The lowest BCUT2D eigenvalue weighted by Crippen LogP contribution is -2.42. The lowest BCUT2D eigenvalue weighted by Gasteiger charge is -2.33. The molecule has 110 valence electrons. The van der Waals surface area contributed by atoms with E-state index in [9.17, 15) is 9.59 Å². The average Bonchev–Trinajstić information content (AvgIpc) is 2.27. The van der Waals surface area contributed by atoms with Gasteiger partial charge in [0.2, 0.25) is 0 Å². The van der Waals surface area contributed by atoms with Crippen LogP contribution in [0.5, 0.6) is 0 Å². The van der Waals surface area contributed by atoms with E-state index in [0.717, 1.165) is 32.4 Å². The fraction of sp³-hybridized carbons (Fsp3) is 0.857. The lowest BCUT2D eigenvalue weighted by molar-refractivity contribution is -0.116. The first-order valence-electron chi connectivity index (χ1n) is 6.81. The van der Waals surface area contributed by atoms with Gasteiger partial charge in [0.05, 0.1) is 4.83 Å². The number of hydrogen-bond donors (Lipinski definition) is 0. The minimum absolute atomic E-state index is 0.0504. The van der Waals surface area contributed by atoms with Gasteiger partial charge in [-0.1, -0.05) is 15.9 Å². The van der Waals surface area contributed by atoms with Crippen molar-refractivity contribution in [2.24, 2.45) is 5.92 Å². The predicted molar refractivity (Wildman–Crippen MR) is 78.5 cm³/mol. The van der Waals surface area contributed by atoms with Gasteiger partial charge in [0.15, 0.2) is 0 Å². The summed E-state index contributed by atoms with van der Waals surface area (Å²) in [4.78, 5) is 24.8. The fourth-order valence-electron chi connectivity index (χ4n) is 2.14. The summed E-state index contributed by atoms with van der Waals surface area (Å²) in [6.45, 7) is 8.67. The quantitative estimate of drug-likeness (QED) is 0.744. The molecule has 0 aromatic heterocycles. The molecule has 1 unspecified atom stereocenters. The Hall–Kier alpha value is -0.580. The molecule has 0 bridgehead atoms. The normalized spacial score (nSPS) is 19.1. The number of Topliss-reactive ketones (excluding diaryl/α,β-unsaturated/α-hetero) is 1. The van der Waals surface area contributed by atoms with Crippen LogP contribution < -0.4 is 0 Å². The maximum atomic E-state index is 11.9. The smallest absolute Gasteiger partial charge is 0.410 e. The molecular formula is C14H24BrNO3. The highest BCUT2D eigenvalue weighted by atomic mass is 79.9. The number of carbonyl (C=O) groups is 2. The van der Waals surface area contributed by atoms with Crippen molar-refractivity contribution < 1.29 is 14.3 Å². The van der Waals surface area contributed by atoms with Crippen LogP contribution in [-0.2, 0) is 9.53 Å². The highest BCUT2D eigenvalue weighted by Gasteiger charge is 2.28. The van der Waals surface area contributed by atoms with E-state index >= 15 is 0 Å². The molecule has 0 radical (unpaired) electrons. The molecule has 1 aliphatic rings. The van der Waals surface area contributed by atoms with Gasteiger partial charge in [-0.2, -0.15) is 0 Å². The largest absolute Gasteiger partial charge is 0.444 e. The molecule has 1 atom stereocenters. The summed E-state index contributed by atoms with van der Waals surface area (Å²) in [7, 11) is 0. The van der Waals surface area contributed by atoms with Crippen LogP contribution in [-0.4, -0.2) is 40.3 Å². The number of alkyl halides is 1. The first kappa shape index (κ1) is 16.5. The zero-order valence-corrected chi connectivity index (χ0v) is 13.8. The number of halogens is 1. The molecule has 0 spiro atoms. The molecular weight excluding hydrogens is 310 g/mol. The van der Waals surface area contributed by atoms with E-state index in [1.54, 1.807) is 11.8 Å². The summed E-state index contributed by atoms with van der Waals surface area (Å²) in [6, 6.07) is 0. The zero-order valence-electron chi connectivity index (χ0n) is 12.2. The maximum absolute atomic E-state index is 11.9. The van der Waals surface area contributed by atoms with Gasteiger partial charge in [0, 0.05) is 13.1 Å². The Balaban J connectivity index is 2.36. The Morgan fingerprint density at radius 2 is 1.84 bits per heavy atom. The molecule has 1 rings (SSSR count). The minimum Gasteiger partial charge on any atom is -0.444 e. The van der Waals surface area contributed by atoms with Crippen molar-refractivity contribution in [2.45, 2.75) is 57.4 Å². The van der Waals surface area contributed by atoms with Crippen LogP contribution in [0.3, 0.4) is 0 Å². The highest BCUT2D eigenvalue weighted by Crippen LogP contribution is 2.25. The molecule has 0 aromatic carbocycles. The SMILES string of the molecule is CC(=O)C(Br)CC1CCN(C(=O)OC(C)(C)C)CC1. The predicted octanol–water partition coefficient (Wildman–Crippen LogP) is 3.38. The molecule has 0 aliphatic carbocycles. The summed E-state index contributed by atoms with van der Waals surface area (Å²) >= 11 is 3.41. The second kappa shape index (κ2) is 6.73. The Kier molecular flexibility index (Phi) is 5.83. The van der Waals surface area contributed by atoms with Crippen LogP contribution in [0.4, 0.5) is 4.79 Å². The van der Waals surface area contributed by atoms with E-state index in [4.69, 9.17) is 4.74 Å². The van der Waals surface area contributed by atoms with Crippen LogP contribution >= 0.6 is 15.9 Å². The first-order chi connectivity index (χ1) is 8.69. The topological polar surface area (TPSA) is 46.6 Å². The number of nitrogens with zero attached hydrogens (tertiary/aromatic N) is 1. The van der Waals surface area contributed by atoms with Crippen LogP contribution in [0, 0.1) is 5.92 Å². The molecule has 0 N–H and O–H groups in total. The van der Waals surface area contributed by atoms with Crippen molar-refractivity contribution in [3.05, 3.63) is 0 Å². The minimum atomic E-state index is -0.441. The van der Waals surface area contributed by atoms with E-state index in [0.29, 0.717) is 5.92 Å². The van der Waals surface area contributed by atoms with Crippen molar-refractivity contribution >= 4 is 27.8 Å². The number of carbonyl (C=O) groups excluding carboxylic acids is 2. The Labute approximate surface area is 124 Å². The van der Waals surface area contributed by atoms with Gasteiger partial charge in [0.25, 0.3) is 0 Å².